The van der Waals surface area contributed by atoms with Crippen molar-refractivity contribution in [1.29, 1.82) is 0 Å². The fourth-order valence-corrected chi connectivity index (χ4v) is 7.61. The molecule has 0 bridgehead atoms. The van der Waals surface area contributed by atoms with E-state index in [2.05, 4.69) is 111 Å². The first-order valence-electron chi connectivity index (χ1n) is 20.5. The molecule has 0 fully saturated rings. The summed E-state index contributed by atoms with van der Waals surface area (Å²) in [4.78, 5) is 0. The van der Waals surface area contributed by atoms with Gasteiger partial charge in [0.15, 0.2) is 0 Å². The normalized spacial score (nSPS) is 12.6. The van der Waals surface area contributed by atoms with Crippen LogP contribution in [0.25, 0.3) is 0 Å². The lowest BCUT2D eigenvalue weighted by molar-refractivity contribution is 0.558. The fourth-order valence-electron chi connectivity index (χ4n) is 7.61. The molecule has 4 N–H and O–H groups in total. The first kappa shape index (κ1) is 39.3. The van der Waals surface area contributed by atoms with E-state index >= 15 is 0 Å². The Balaban J connectivity index is 1.26. The number of hydrogen-bond acceptors (Lipinski definition) is 2. The van der Waals surface area contributed by atoms with Crippen molar-refractivity contribution in [2.24, 2.45) is 0 Å². The first-order valence-corrected chi connectivity index (χ1v) is 20.5. The molecule has 2 unspecified atom stereocenters. The second-order valence-corrected chi connectivity index (χ2v) is 14.9. The minimum Gasteiger partial charge on any atom is -0.399 e. The van der Waals surface area contributed by atoms with Gasteiger partial charge in [0.05, 0.1) is 0 Å². The largest absolute Gasteiger partial charge is 0.399 e. The van der Waals surface area contributed by atoms with Gasteiger partial charge in [0.2, 0.25) is 0 Å². The summed E-state index contributed by atoms with van der Waals surface area (Å²) in [6.07, 6.45) is 26.0. The van der Waals surface area contributed by atoms with Crippen LogP contribution < -0.4 is 11.5 Å². The molecule has 0 radical (unpaired) electrons. The number of nitrogen functional groups attached to an aromatic ring is 2. The maximum absolute atomic E-state index is 6.04. The van der Waals surface area contributed by atoms with Crippen LogP contribution in [0.1, 0.15) is 175 Å². The van der Waals surface area contributed by atoms with Crippen molar-refractivity contribution < 1.29 is 0 Å². The summed E-state index contributed by atoms with van der Waals surface area (Å²) in [6.45, 7) is 4.58. The first-order chi connectivity index (χ1) is 24.6. The van der Waals surface area contributed by atoms with Crippen LogP contribution in [-0.2, 0) is 12.8 Å². The Morgan fingerprint density at radius 2 is 0.620 bits per heavy atom. The smallest absolute Gasteiger partial charge is 0.0314 e. The third-order valence-electron chi connectivity index (χ3n) is 10.8. The highest BCUT2D eigenvalue weighted by Gasteiger charge is 2.16. The molecular formula is C48H68N2. The van der Waals surface area contributed by atoms with Gasteiger partial charge in [0, 0.05) is 23.2 Å². The molecule has 0 saturated heterocycles. The SMILES string of the molecule is CCCCCCCCCC(c1ccc(N)cc1)c1ccc(CCCCc2ccc(C(CCCCCCCCC)c3ccc(N)cc3)cc2)cc1. The van der Waals surface area contributed by atoms with Crippen molar-refractivity contribution in [3.05, 3.63) is 130 Å². The number of nitrogens with two attached hydrogens (primary N) is 2. The summed E-state index contributed by atoms with van der Waals surface area (Å²) in [5.41, 5.74) is 22.3. The van der Waals surface area contributed by atoms with E-state index in [0.29, 0.717) is 11.8 Å². The topological polar surface area (TPSA) is 52.0 Å². The van der Waals surface area contributed by atoms with Crippen LogP contribution in [0.4, 0.5) is 11.4 Å². The Bertz CT molecular complexity index is 1310. The Hall–Kier alpha value is -3.52. The number of benzene rings is 4. The monoisotopic (exact) mass is 673 g/mol. The highest BCUT2D eigenvalue weighted by atomic mass is 14.5. The lowest BCUT2D eigenvalue weighted by atomic mass is 9.85. The summed E-state index contributed by atoms with van der Waals surface area (Å²) < 4.78 is 0. The van der Waals surface area contributed by atoms with E-state index in [4.69, 9.17) is 11.5 Å². The molecule has 0 amide bonds. The molecule has 4 rings (SSSR count). The van der Waals surface area contributed by atoms with Crippen LogP contribution in [0.5, 0.6) is 0 Å². The number of rotatable bonds is 25. The van der Waals surface area contributed by atoms with E-state index in [1.54, 1.807) is 0 Å². The standard InChI is InChI=1S/C48H68N2/c1-3-5-7-9-11-13-15-21-47(43-31-35-45(49)36-32-43)41-27-23-39(24-28-41)19-17-18-20-40-25-29-42(30-26-40)48(44-33-37-46(50)38-34-44)22-16-14-12-10-8-6-4-2/h23-38,47-48H,3-22,49-50H2,1-2H3. The van der Waals surface area contributed by atoms with Gasteiger partial charge in [0.25, 0.3) is 0 Å². The number of unbranched alkanes of at least 4 members (excludes halogenated alkanes) is 13. The third kappa shape index (κ3) is 14.0. The van der Waals surface area contributed by atoms with E-state index in [1.807, 2.05) is 0 Å². The molecule has 0 heterocycles. The molecule has 4 aromatic rings. The highest BCUT2D eigenvalue weighted by molar-refractivity contribution is 5.44. The van der Waals surface area contributed by atoms with Crippen molar-refractivity contribution >= 4 is 11.4 Å². The lowest BCUT2D eigenvalue weighted by Crippen LogP contribution is -2.03. The maximum atomic E-state index is 6.04. The fraction of sp³-hybridized carbons (Fsp3) is 0.500. The van der Waals surface area contributed by atoms with E-state index in [0.717, 1.165) is 24.2 Å². The predicted octanol–water partition coefficient (Wildman–Crippen LogP) is 14.0. The van der Waals surface area contributed by atoms with Crippen molar-refractivity contribution in [1.82, 2.24) is 0 Å². The second kappa shape index (κ2) is 23.0. The molecular weight excluding hydrogens is 605 g/mol. The van der Waals surface area contributed by atoms with Crippen LogP contribution >= 0.6 is 0 Å². The summed E-state index contributed by atoms with van der Waals surface area (Å²) >= 11 is 0. The summed E-state index contributed by atoms with van der Waals surface area (Å²) in [6, 6.07) is 36.2. The van der Waals surface area contributed by atoms with Gasteiger partial charge in [-0.3, -0.25) is 0 Å². The predicted molar refractivity (Wildman–Crippen MR) is 220 cm³/mol. The molecule has 0 aromatic heterocycles. The lowest BCUT2D eigenvalue weighted by Gasteiger charge is -2.19. The van der Waals surface area contributed by atoms with Gasteiger partial charge < -0.3 is 11.5 Å². The third-order valence-corrected chi connectivity index (χ3v) is 10.8. The van der Waals surface area contributed by atoms with Gasteiger partial charge >= 0.3 is 0 Å². The molecule has 4 aromatic carbocycles. The van der Waals surface area contributed by atoms with Crippen LogP contribution in [0.15, 0.2) is 97.1 Å². The van der Waals surface area contributed by atoms with Gasteiger partial charge in [-0.25, -0.2) is 0 Å². The molecule has 0 aliphatic rings. The summed E-state index contributed by atoms with van der Waals surface area (Å²) in [5.74, 6) is 0.886. The Morgan fingerprint density at radius 3 is 0.940 bits per heavy atom. The Labute approximate surface area is 306 Å². The zero-order chi connectivity index (χ0) is 35.2. The number of hydrogen-bond donors (Lipinski definition) is 2. The molecule has 0 spiro atoms. The number of anilines is 2. The van der Waals surface area contributed by atoms with E-state index in [1.165, 1.54) is 149 Å². The minimum absolute atomic E-state index is 0.443. The number of aryl methyl sites for hydroxylation is 2. The maximum Gasteiger partial charge on any atom is 0.0314 e. The molecule has 0 aliphatic heterocycles. The highest BCUT2D eigenvalue weighted by Crippen LogP contribution is 2.33. The van der Waals surface area contributed by atoms with Crippen LogP contribution in [0.3, 0.4) is 0 Å². The zero-order valence-electron chi connectivity index (χ0n) is 31.7. The van der Waals surface area contributed by atoms with Gasteiger partial charge in [-0.15, -0.1) is 0 Å². The van der Waals surface area contributed by atoms with Crippen LogP contribution in [0.2, 0.25) is 0 Å². The Morgan fingerprint density at radius 1 is 0.340 bits per heavy atom. The van der Waals surface area contributed by atoms with Crippen molar-refractivity contribution in [2.45, 2.75) is 154 Å². The van der Waals surface area contributed by atoms with Gasteiger partial charge in [-0.1, -0.05) is 177 Å². The second-order valence-electron chi connectivity index (χ2n) is 14.9. The van der Waals surface area contributed by atoms with Crippen molar-refractivity contribution in [3.8, 4) is 0 Å². The summed E-state index contributed by atoms with van der Waals surface area (Å²) in [7, 11) is 0. The molecule has 50 heavy (non-hydrogen) atoms. The molecule has 2 nitrogen and oxygen atoms in total. The van der Waals surface area contributed by atoms with Crippen molar-refractivity contribution in [2.75, 3.05) is 11.5 Å². The van der Waals surface area contributed by atoms with Gasteiger partial charge in [0.1, 0.15) is 0 Å². The van der Waals surface area contributed by atoms with E-state index < -0.39 is 0 Å². The van der Waals surface area contributed by atoms with E-state index in [-0.39, 0.29) is 0 Å². The van der Waals surface area contributed by atoms with E-state index in [9.17, 15) is 0 Å². The van der Waals surface area contributed by atoms with Gasteiger partial charge in [-0.05, 0) is 96.2 Å². The average molecular weight is 673 g/mol. The molecule has 0 saturated carbocycles. The quantitative estimate of drug-likeness (QED) is 0.0544. The molecule has 2 heteroatoms. The molecule has 270 valence electrons. The Kier molecular flexibility index (Phi) is 18.1. The van der Waals surface area contributed by atoms with Gasteiger partial charge in [-0.2, -0.15) is 0 Å². The minimum atomic E-state index is 0.443. The zero-order valence-corrected chi connectivity index (χ0v) is 31.7. The molecule has 0 aliphatic carbocycles. The summed E-state index contributed by atoms with van der Waals surface area (Å²) in [5, 5.41) is 0. The van der Waals surface area contributed by atoms with Crippen LogP contribution in [-0.4, -0.2) is 0 Å². The average Bonchev–Trinajstić information content (AvgIpc) is 3.14. The molecule has 2 atom stereocenters. The van der Waals surface area contributed by atoms with Crippen molar-refractivity contribution in [3.63, 3.8) is 0 Å². The van der Waals surface area contributed by atoms with Crippen LogP contribution in [0, 0.1) is 0 Å².